The van der Waals surface area contributed by atoms with Gasteiger partial charge in [-0.05, 0) is 30.7 Å². The first-order valence-electron chi connectivity index (χ1n) is 6.50. The number of benzene rings is 1. The number of hydrogen-bond donors (Lipinski definition) is 1. The highest BCUT2D eigenvalue weighted by Crippen LogP contribution is 2.28. The average molecular weight is 328 g/mol. The van der Waals surface area contributed by atoms with Crippen LogP contribution in [0.4, 0.5) is 23.2 Å². The lowest BCUT2D eigenvalue weighted by atomic mass is 10.2. The van der Waals surface area contributed by atoms with E-state index in [1.807, 2.05) is 0 Å². The number of nitrogens with zero attached hydrogens (tertiary/aromatic N) is 1. The molecule has 0 fully saturated rings. The topological polar surface area (TPSA) is 51.1 Å². The summed E-state index contributed by atoms with van der Waals surface area (Å²) in [5, 5.41) is 2.22. The summed E-state index contributed by atoms with van der Waals surface area (Å²) in [6, 6.07) is 5.46. The van der Waals surface area contributed by atoms with Gasteiger partial charge in [0.2, 0.25) is 5.91 Å². The summed E-state index contributed by atoms with van der Waals surface area (Å²) >= 11 is 0. The van der Waals surface area contributed by atoms with Crippen LogP contribution in [0.3, 0.4) is 0 Å². The molecule has 23 heavy (non-hydrogen) atoms. The van der Waals surface area contributed by atoms with Crippen LogP contribution in [0.1, 0.15) is 11.1 Å². The monoisotopic (exact) mass is 328 g/mol. The average Bonchev–Trinajstić information content (AvgIpc) is 2.43. The Labute approximate surface area is 128 Å². The Bertz CT molecular complexity index is 797. The summed E-state index contributed by atoms with van der Waals surface area (Å²) in [6.45, 7) is 1.01. The fourth-order valence-electron chi connectivity index (χ4n) is 1.89. The van der Waals surface area contributed by atoms with Crippen LogP contribution in [0.25, 0.3) is 0 Å². The first kappa shape index (κ1) is 16.7. The molecule has 1 N–H and O–H groups in total. The Hall–Kier alpha value is -2.64. The number of amides is 1. The summed E-state index contributed by atoms with van der Waals surface area (Å²) in [4.78, 5) is 23.4. The van der Waals surface area contributed by atoms with Crippen molar-refractivity contribution < 1.29 is 22.4 Å². The van der Waals surface area contributed by atoms with Gasteiger partial charge in [-0.25, -0.2) is 4.39 Å². The van der Waals surface area contributed by atoms with E-state index in [9.17, 15) is 27.2 Å². The molecule has 4 nitrogen and oxygen atoms in total. The van der Waals surface area contributed by atoms with Crippen LogP contribution in [0.2, 0.25) is 0 Å². The molecular formula is C15H12F4N2O2. The van der Waals surface area contributed by atoms with E-state index in [4.69, 9.17) is 0 Å². The molecule has 0 spiro atoms. The van der Waals surface area contributed by atoms with Gasteiger partial charge in [0, 0.05) is 12.3 Å². The molecule has 0 radical (unpaired) electrons. The van der Waals surface area contributed by atoms with Crippen molar-refractivity contribution in [3.05, 3.63) is 63.8 Å². The van der Waals surface area contributed by atoms with E-state index in [2.05, 4.69) is 5.32 Å². The van der Waals surface area contributed by atoms with E-state index in [1.165, 1.54) is 12.1 Å². The number of aromatic nitrogens is 1. The molecule has 1 aromatic carbocycles. The third-order valence-electron chi connectivity index (χ3n) is 3.02. The lowest BCUT2D eigenvalue weighted by molar-refractivity contribution is -0.138. The van der Waals surface area contributed by atoms with Crippen molar-refractivity contribution in [2.75, 3.05) is 5.32 Å². The molecular weight excluding hydrogens is 316 g/mol. The Kier molecular flexibility index (Phi) is 4.53. The van der Waals surface area contributed by atoms with Crippen molar-refractivity contribution in [1.82, 2.24) is 4.57 Å². The van der Waals surface area contributed by atoms with Crippen molar-refractivity contribution in [2.45, 2.75) is 19.6 Å². The zero-order valence-electron chi connectivity index (χ0n) is 11.9. The van der Waals surface area contributed by atoms with Gasteiger partial charge in [0.25, 0.3) is 5.56 Å². The maximum Gasteiger partial charge on any atom is 0.417 e. The molecule has 8 heteroatoms. The first-order chi connectivity index (χ1) is 10.7. The normalized spacial score (nSPS) is 11.3. The molecule has 1 heterocycles. The van der Waals surface area contributed by atoms with Gasteiger partial charge in [-0.2, -0.15) is 13.2 Å². The van der Waals surface area contributed by atoms with E-state index >= 15 is 0 Å². The number of anilines is 1. The Morgan fingerprint density at radius 3 is 2.52 bits per heavy atom. The Morgan fingerprint density at radius 2 is 1.91 bits per heavy atom. The number of rotatable bonds is 3. The number of halogens is 4. The molecule has 1 amide bonds. The second-order valence-electron chi connectivity index (χ2n) is 4.91. The predicted octanol–water partition coefficient (Wildman–Crippen LogP) is 2.95. The van der Waals surface area contributed by atoms with Crippen molar-refractivity contribution in [1.29, 1.82) is 0 Å². The zero-order valence-corrected chi connectivity index (χ0v) is 11.9. The molecule has 2 aromatic rings. The Morgan fingerprint density at radius 1 is 1.22 bits per heavy atom. The first-order valence-corrected chi connectivity index (χ1v) is 6.50. The largest absolute Gasteiger partial charge is 0.417 e. The van der Waals surface area contributed by atoms with Crippen molar-refractivity contribution in [2.24, 2.45) is 0 Å². The van der Waals surface area contributed by atoms with E-state index in [0.717, 1.165) is 6.07 Å². The minimum atomic E-state index is -4.63. The van der Waals surface area contributed by atoms with E-state index < -0.39 is 35.6 Å². The quantitative estimate of drug-likeness (QED) is 0.881. The number of alkyl halides is 3. The molecule has 2 rings (SSSR count). The smallest absolute Gasteiger partial charge is 0.322 e. The van der Waals surface area contributed by atoms with Crippen molar-refractivity contribution >= 4 is 11.6 Å². The third kappa shape index (κ3) is 4.18. The van der Waals surface area contributed by atoms with Crippen LogP contribution in [0.15, 0.2) is 41.3 Å². The maximum atomic E-state index is 13.6. The lowest BCUT2D eigenvalue weighted by Crippen LogP contribution is -2.28. The molecule has 0 aliphatic rings. The SMILES string of the molecule is Cc1ccc(NC(=O)Cn2cc(C(F)(F)F)ccc2=O)c(F)c1. The van der Waals surface area contributed by atoms with Crippen LogP contribution in [-0.4, -0.2) is 10.5 Å². The van der Waals surface area contributed by atoms with Gasteiger partial charge in [0.1, 0.15) is 12.4 Å². The van der Waals surface area contributed by atoms with E-state index in [0.29, 0.717) is 22.4 Å². The molecule has 122 valence electrons. The highest BCUT2D eigenvalue weighted by atomic mass is 19.4. The summed E-state index contributed by atoms with van der Waals surface area (Å²) in [7, 11) is 0. The van der Waals surface area contributed by atoms with Gasteiger partial charge in [-0.3, -0.25) is 9.59 Å². The zero-order chi connectivity index (χ0) is 17.2. The van der Waals surface area contributed by atoms with Gasteiger partial charge < -0.3 is 9.88 Å². The van der Waals surface area contributed by atoms with Gasteiger partial charge in [0.15, 0.2) is 0 Å². The van der Waals surface area contributed by atoms with Crippen molar-refractivity contribution in [3.8, 4) is 0 Å². The van der Waals surface area contributed by atoms with Crippen LogP contribution in [-0.2, 0) is 17.5 Å². The molecule has 0 aliphatic heterocycles. The number of pyridine rings is 1. The minimum Gasteiger partial charge on any atom is -0.322 e. The van der Waals surface area contributed by atoms with Crippen LogP contribution >= 0.6 is 0 Å². The van der Waals surface area contributed by atoms with E-state index in [-0.39, 0.29) is 5.69 Å². The predicted molar refractivity (Wildman–Crippen MR) is 75.5 cm³/mol. The lowest BCUT2D eigenvalue weighted by Gasteiger charge is -2.11. The number of carbonyl (C=O) groups is 1. The third-order valence-corrected chi connectivity index (χ3v) is 3.02. The number of aryl methyl sites for hydroxylation is 1. The summed E-state index contributed by atoms with van der Waals surface area (Å²) in [5.74, 6) is -1.48. The van der Waals surface area contributed by atoms with Gasteiger partial charge in [-0.1, -0.05) is 6.07 Å². The molecule has 0 saturated heterocycles. The second-order valence-corrected chi connectivity index (χ2v) is 4.91. The number of nitrogens with one attached hydrogen (secondary N) is 1. The molecule has 0 unspecified atom stereocenters. The molecule has 0 saturated carbocycles. The summed E-state index contributed by atoms with van der Waals surface area (Å²) in [6.07, 6.45) is -4.08. The molecule has 1 aromatic heterocycles. The standard InChI is InChI=1S/C15H12F4N2O2/c1-9-2-4-12(11(16)6-9)20-13(22)8-21-7-10(15(17,18)19)3-5-14(21)23/h2-7H,8H2,1H3,(H,20,22). The number of carbonyl (C=O) groups excluding carboxylic acids is 1. The molecule has 0 atom stereocenters. The molecule has 0 aliphatic carbocycles. The van der Waals surface area contributed by atoms with Crippen LogP contribution in [0.5, 0.6) is 0 Å². The van der Waals surface area contributed by atoms with Crippen molar-refractivity contribution in [3.63, 3.8) is 0 Å². The Balaban J connectivity index is 2.18. The van der Waals surface area contributed by atoms with Gasteiger partial charge in [-0.15, -0.1) is 0 Å². The fourth-order valence-corrected chi connectivity index (χ4v) is 1.89. The fraction of sp³-hybridized carbons (Fsp3) is 0.200. The summed E-state index contributed by atoms with van der Waals surface area (Å²) < 4.78 is 52.1. The second kappa shape index (κ2) is 6.23. The van der Waals surface area contributed by atoms with Crippen LogP contribution in [0, 0.1) is 12.7 Å². The highest BCUT2D eigenvalue weighted by molar-refractivity contribution is 5.90. The van der Waals surface area contributed by atoms with Gasteiger partial charge >= 0.3 is 6.18 Å². The van der Waals surface area contributed by atoms with Gasteiger partial charge in [0.05, 0.1) is 11.3 Å². The maximum absolute atomic E-state index is 13.6. The van der Waals surface area contributed by atoms with E-state index in [1.54, 1.807) is 13.0 Å². The number of hydrogen-bond acceptors (Lipinski definition) is 2. The minimum absolute atomic E-state index is 0.111. The molecule has 0 bridgehead atoms. The highest BCUT2D eigenvalue weighted by Gasteiger charge is 2.31. The van der Waals surface area contributed by atoms with Crippen LogP contribution < -0.4 is 10.9 Å². The summed E-state index contributed by atoms with van der Waals surface area (Å²) in [5.41, 5.74) is -1.28.